The molecule has 5 nitrogen and oxygen atoms in total. The maximum Gasteiger partial charge on any atom is 0.356 e. The largest absolute Gasteiger partial charge is 0.461 e. The predicted molar refractivity (Wildman–Crippen MR) is 69.2 cm³/mol. The summed E-state index contributed by atoms with van der Waals surface area (Å²) < 4.78 is 4.82. The number of ketones is 1. The average molecular weight is 258 g/mol. The van der Waals surface area contributed by atoms with Crippen LogP contribution in [-0.2, 0) is 4.74 Å². The minimum absolute atomic E-state index is 0.178. The smallest absolute Gasteiger partial charge is 0.356 e. The Kier molecular flexibility index (Phi) is 3.75. The molecule has 0 amide bonds. The quantitative estimate of drug-likeness (QED) is 0.673. The van der Waals surface area contributed by atoms with Crippen LogP contribution in [0.2, 0.25) is 0 Å². The van der Waals surface area contributed by atoms with Gasteiger partial charge in [-0.3, -0.25) is 9.89 Å². The molecule has 0 aliphatic rings. The molecule has 1 aromatic carbocycles. The Bertz CT molecular complexity index is 599. The summed E-state index contributed by atoms with van der Waals surface area (Å²) in [4.78, 5) is 23.6. The number of nitrogens with zero attached hydrogens (tertiary/aromatic N) is 1. The van der Waals surface area contributed by atoms with Gasteiger partial charge in [-0.25, -0.2) is 4.79 Å². The predicted octanol–water partition coefficient (Wildman–Crippen LogP) is 2.13. The molecule has 1 N–H and O–H groups in total. The van der Waals surface area contributed by atoms with Gasteiger partial charge in [0.05, 0.1) is 6.61 Å². The van der Waals surface area contributed by atoms with Crippen LogP contribution < -0.4 is 0 Å². The lowest BCUT2D eigenvalue weighted by atomic mass is 10.1. The van der Waals surface area contributed by atoms with E-state index in [4.69, 9.17) is 4.74 Å². The maximum atomic E-state index is 12.1. The zero-order valence-electron chi connectivity index (χ0n) is 10.8. The molecule has 98 valence electrons. The number of nitrogens with one attached hydrogen (secondary N) is 1. The molecule has 2 aromatic rings. The van der Waals surface area contributed by atoms with E-state index in [0.29, 0.717) is 5.56 Å². The van der Waals surface area contributed by atoms with Crippen molar-refractivity contribution in [3.05, 3.63) is 52.8 Å². The van der Waals surface area contributed by atoms with Crippen LogP contribution in [0, 0.1) is 6.92 Å². The number of carbonyl (C=O) groups excluding carboxylic acids is 2. The Morgan fingerprint density at radius 3 is 2.58 bits per heavy atom. The highest BCUT2D eigenvalue weighted by atomic mass is 16.5. The van der Waals surface area contributed by atoms with Crippen molar-refractivity contribution >= 4 is 11.8 Å². The maximum absolute atomic E-state index is 12.1. The van der Waals surface area contributed by atoms with Crippen LogP contribution in [0.3, 0.4) is 0 Å². The number of benzene rings is 1. The number of aromatic nitrogens is 2. The lowest BCUT2D eigenvalue weighted by molar-refractivity contribution is 0.0519. The first-order valence-electron chi connectivity index (χ1n) is 5.95. The van der Waals surface area contributed by atoms with E-state index in [1.54, 1.807) is 19.1 Å². The summed E-state index contributed by atoms with van der Waals surface area (Å²) in [6.45, 7) is 3.94. The molecule has 1 heterocycles. The van der Waals surface area contributed by atoms with E-state index in [1.807, 2.05) is 19.1 Å². The van der Waals surface area contributed by atoms with Crippen molar-refractivity contribution in [2.24, 2.45) is 0 Å². The summed E-state index contributed by atoms with van der Waals surface area (Å²) in [7, 11) is 0. The molecule has 0 unspecified atom stereocenters. The summed E-state index contributed by atoms with van der Waals surface area (Å²) in [5, 5.41) is 6.35. The van der Waals surface area contributed by atoms with E-state index < -0.39 is 5.97 Å². The topological polar surface area (TPSA) is 72.1 Å². The summed E-state index contributed by atoms with van der Waals surface area (Å²) in [6.07, 6.45) is 0. The number of hydrogen-bond acceptors (Lipinski definition) is 4. The van der Waals surface area contributed by atoms with Gasteiger partial charge in [0.15, 0.2) is 0 Å². The molecule has 5 heteroatoms. The van der Waals surface area contributed by atoms with E-state index >= 15 is 0 Å². The van der Waals surface area contributed by atoms with Crippen LogP contribution >= 0.6 is 0 Å². The van der Waals surface area contributed by atoms with E-state index in [-0.39, 0.29) is 23.8 Å². The summed E-state index contributed by atoms with van der Waals surface area (Å²) in [5.41, 5.74) is 1.99. The van der Waals surface area contributed by atoms with Crippen LogP contribution in [0.1, 0.15) is 39.0 Å². The van der Waals surface area contributed by atoms with Gasteiger partial charge >= 0.3 is 5.97 Å². The fourth-order valence-corrected chi connectivity index (χ4v) is 1.60. The van der Waals surface area contributed by atoms with Crippen molar-refractivity contribution in [1.29, 1.82) is 0 Å². The molecular weight excluding hydrogens is 244 g/mol. The van der Waals surface area contributed by atoms with Crippen LogP contribution in [-0.4, -0.2) is 28.6 Å². The van der Waals surface area contributed by atoms with Crippen molar-refractivity contribution in [2.45, 2.75) is 13.8 Å². The molecule has 1 aromatic heterocycles. The molecule has 0 spiro atoms. The highest BCUT2D eigenvalue weighted by Crippen LogP contribution is 2.10. The fraction of sp³-hybridized carbons (Fsp3) is 0.214. The zero-order chi connectivity index (χ0) is 13.8. The number of carbonyl (C=O) groups is 2. The third-order valence-corrected chi connectivity index (χ3v) is 2.62. The van der Waals surface area contributed by atoms with Crippen molar-refractivity contribution in [3.8, 4) is 0 Å². The van der Waals surface area contributed by atoms with Gasteiger partial charge in [0.2, 0.25) is 5.78 Å². The molecule has 0 saturated heterocycles. The van der Waals surface area contributed by atoms with Crippen molar-refractivity contribution in [1.82, 2.24) is 10.2 Å². The Morgan fingerprint density at radius 1 is 1.26 bits per heavy atom. The number of aryl methyl sites for hydroxylation is 1. The van der Waals surface area contributed by atoms with Crippen molar-refractivity contribution in [2.75, 3.05) is 6.61 Å². The normalized spacial score (nSPS) is 10.2. The second-order valence-corrected chi connectivity index (χ2v) is 4.08. The Labute approximate surface area is 110 Å². The minimum atomic E-state index is -0.516. The molecule has 19 heavy (non-hydrogen) atoms. The second kappa shape index (κ2) is 5.48. The molecule has 0 atom stereocenters. The highest BCUT2D eigenvalue weighted by Gasteiger charge is 2.16. The number of rotatable bonds is 4. The van der Waals surface area contributed by atoms with E-state index in [2.05, 4.69) is 10.2 Å². The van der Waals surface area contributed by atoms with Crippen LogP contribution in [0.4, 0.5) is 0 Å². The van der Waals surface area contributed by atoms with E-state index in [1.165, 1.54) is 6.07 Å². The first kappa shape index (κ1) is 13.0. The van der Waals surface area contributed by atoms with Gasteiger partial charge in [0.25, 0.3) is 0 Å². The van der Waals surface area contributed by atoms with Gasteiger partial charge in [-0.1, -0.05) is 29.8 Å². The molecule has 0 aliphatic carbocycles. The van der Waals surface area contributed by atoms with E-state index in [0.717, 1.165) is 5.56 Å². The van der Waals surface area contributed by atoms with Crippen LogP contribution in [0.25, 0.3) is 0 Å². The van der Waals surface area contributed by atoms with Crippen molar-refractivity contribution in [3.63, 3.8) is 0 Å². The fourth-order valence-electron chi connectivity index (χ4n) is 1.60. The molecule has 0 saturated carbocycles. The van der Waals surface area contributed by atoms with Crippen molar-refractivity contribution < 1.29 is 14.3 Å². The Morgan fingerprint density at radius 2 is 1.95 bits per heavy atom. The summed E-state index contributed by atoms with van der Waals surface area (Å²) in [5.74, 6) is -0.746. The third kappa shape index (κ3) is 2.88. The number of hydrogen-bond donors (Lipinski definition) is 1. The number of aromatic amines is 1. The van der Waals surface area contributed by atoms with Gasteiger partial charge < -0.3 is 4.74 Å². The standard InChI is InChI=1S/C14H14N2O3/c1-3-19-14(18)12-8-11(15-16-12)13(17)10-6-4-9(2)5-7-10/h4-8H,3H2,1-2H3,(H,15,16). The number of ether oxygens (including phenoxy) is 1. The third-order valence-electron chi connectivity index (χ3n) is 2.62. The van der Waals surface area contributed by atoms with Crippen LogP contribution in [0.15, 0.2) is 30.3 Å². The van der Waals surface area contributed by atoms with Crippen LogP contribution in [0.5, 0.6) is 0 Å². The SMILES string of the molecule is CCOC(=O)c1cc(C(=O)c2ccc(C)cc2)n[nH]1. The minimum Gasteiger partial charge on any atom is -0.461 e. The first-order valence-corrected chi connectivity index (χ1v) is 5.95. The first-order chi connectivity index (χ1) is 9.11. The van der Waals surface area contributed by atoms with E-state index in [9.17, 15) is 9.59 Å². The Balaban J connectivity index is 2.20. The zero-order valence-corrected chi connectivity index (χ0v) is 10.8. The van der Waals surface area contributed by atoms with Gasteiger partial charge in [-0.15, -0.1) is 0 Å². The number of H-pyrrole nitrogens is 1. The summed E-state index contributed by atoms with van der Waals surface area (Å²) in [6, 6.07) is 8.57. The monoisotopic (exact) mass is 258 g/mol. The second-order valence-electron chi connectivity index (χ2n) is 4.08. The molecule has 0 fully saturated rings. The molecule has 0 aliphatic heterocycles. The number of esters is 1. The Hall–Kier alpha value is -2.43. The summed E-state index contributed by atoms with van der Waals surface area (Å²) >= 11 is 0. The lowest BCUT2D eigenvalue weighted by Gasteiger charge is -1.98. The van der Waals surface area contributed by atoms with Gasteiger partial charge in [0, 0.05) is 11.6 Å². The average Bonchev–Trinajstić information content (AvgIpc) is 2.89. The lowest BCUT2D eigenvalue weighted by Crippen LogP contribution is -2.04. The van der Waals surface area contributed by atoms with Gasteiger partial charge in [0.1, 0.15) is 11.4 Å². The molecule has 2 rings (SSSR count). The van der Waals surface area contributed by atoms with Gasteiger partial charge in [-0.2, -0.15) is 5.10 Å². The molecule has 0 radical (unpaired) electrons. The van der Waals surface area contributed by atoms with Gasteiger partial charge in [-0.05, 0) is 13.8 Å². The molecular formula is C14H14N2O3. The highest BCUT2D eigenvalue weighted by molar-refractivity contribution is 6.08. The molecule has 0 bridgehead atoms.